The van der Waals surface area contributed by atoms with Gasteiger partial charge in [-0.25, -0.2) is 9.37 Å². The molecule has 1 aliphatic rings. The van der Waals surface area contributed by atoms with E-state index in [0.29, 0.717) is 18.5 Å². The van der Waals surface area contributed by atoms with E-state index in [1.54, 1.807) is 18.2 Å². The zero-order valence-electron chi connectivity index (χ0n) is 15.0. The summed E-state index contributed by atoms with van der Waals surface area (Å²) in [6, 6.07) is 6.29. The lowest BCUT2D eigenvalue weighted by molar-refractivity contribution is 0.0927. The van der Waals surface area contributed by atoms with Crippen molar-refractivity contribution in [2.45, 2.75) is 52.2 Å². The van der Waals surface area contributed by atoms with Gasteiger partial charge in [0.1, 0.15) is 11.5 Å². The van der Waals surface area contributed by atoms with Crippen LogP contribution in [0.4, 0.5) is 4.39 Å². The van der Waals surface area contributed by atoms with Crippen LogP contribution in [0.1, 0.15) is 59.1 Å². The standard InChI is InChI=1S/C19H23FN4O2/c1-12(2)22-19(26)17-23-16(15-9-5-6-10-24(15)17)18(25)21-11-13-7-3-4-8-14(13)20/h3-4,7-8,12H,5-6,9-11H2,1-2H3,(H,21,25)(H,22,26). The van der Waals surface area contributed by atoms with Crippen molar-refractivity contribution in [2.24, 2.45) is 0 Å². The highest BCUT2D eigenvalue weighted by Gasteiger charge is 2.27. The first-order chi connectivity index (χ1) is 12.5. The summed E-state index contributed by atoms with van der Waals surface area (Å²) in [5.74, 6) is -0.764. The molecule has 0 fully saturated rings. The third-order valence-corrected chi connectivity index (χ3v) is 4.35. The second-order valence-corrected chi connectivity index (χ2v) is 6.74. The Hall–Kier alpha value is -2.70. The number of fused-ring (bicyclic) bond motifs is 1. The summed E-state index contributed by atoms with van der Waals surface area (Å²) in [6.45, 7) is 4.50. The number of amides is 2. The summed E-state index contributed by atoms with van der Waals surface area (Å²) in [4.78, 5) is 29.4. The first-order valence-corrected chi connectivity index (χ1v) is 8.89. The molecule has 7 heteroatoms. The van der Waals surface area contributed by atoms with Gasteiger partial charge >= 0.3 is 0 Å². The van der Waals surface area contributed by atoms with E-state index in [1.165, 1.54) is 6.07 Å². The van der Waals surface area contributed by atoms with Gasteiger partial charge in [-0.15, -0.1) is 0 Å². The van der Waals surface area contributed by atoms with Crippen LogP contribution >= 0.6 is 0 Å². The number of imidazole rings is 1. The first kappa shape index (κ1) is 18.1. The number of nitrogens with one attached hydrogen (secondary N) is 2. The maximum atomic E-state index is 13.7. The maximum Gasteiger partial charge on any atom is 0.287 e. The lowest BCUT2D eigenvalue weighted by Crippen LogP contribution is -2.33. The average Bonchev–Trinajstić information content (AvgIpc) is 3.00. The van der Waals surface area contributed by atoms with Crippen LogP contribution in [0.3, 0.4) is 0 Å². The quantitative estimate of drug-likeness (QED) is 0.862. The van der Waals surface area contributed by atoms with Gasteiger partial charge in [0.2, 0.25) is 0 Å². The normalized spacial score (nSPS) is 13.4. The molecule has 138 valence electrons. The van der Waals surface area contributed by atoms with Gasteiger partial charge in [0, 0.05) is 24.7 Å². The summed E-state index contributed by atoms with van der Waals surface area (Å²) in [6.07, 6.45) is 2.59. The molecule has 0 aliphatic carbocycles. The fourth-order valence-corrected chi connectivity index (χ4v) is 3.13. The molecule has 2 aromatic rings. The summed E-state index contributed by atoms with van der Waals surface area (Å²) in [7, 11) is 0. The van der Waals surface area contributed by atoms with Gasteiger partial charge in [-0.1, -0.05) is 18.2 Å². The van der Waals surface area contributed by atoms with Crippen molar-refractivity contribution in [1.29, 1.82) is 0 Å². The van der Waals surface area contributed by atoms with Crippen molar-refractivity contribution in [1.82, 2.24) is 20.2 Å². The van der Waals surface area contributed by atoms with E-state index in [0.717, 1.165) is 18.5 Å². The molecule has 2 heterocycles. The summed E-state index contributed by atoms with van der Waals surface area (Å²) < 4.78 is 15.6. The summed E-state index contributed by atoms with van der Waals surface area (Å²) in [5, 5.41) is 5.54. The molecule has 0 saturated carbocycles. The van der Waals surface area contributed by atoms with E-state index in [2.05, 4.69) is 15.6 Å². The molecule has 1 aromatic carbocycles. The second-order valence-electron chi connectivity index (χ2n) is 6.74. The predicted octanol–water partition coefficient (Wildman–Crippen LogP) is 2.43. The lowest BCUT2D eigenvalue weighted by atomic mass is 10.1. The molecule has 0 spiro atoms. The maximum absolute atomic E-state index is 13.7. The van der Waals surface area contributed by atoms with Crippen LogP contribution in [0.2, 0.25) is 0 Å². The topological polar surface area (TPSA) is 76.0 Å². The van der Waals surface area contributed by atoms with E-state index in [1.807, 2.05) is 18.4 Å². The fourth-order valence-electron chi connectivity index (χ4n) is 3.13. The molecule has 1 aliphatic heterocycles. The van der Waals surface area contributed by atoms with Gasteiger partial charge in [0.15, 0.2) is 5.82 Å². The third-order valence-electron chi connectivity index (χ3n) is 4.35. The zero-order valence-corrected chi connectivity index (χ0v) is 15.0. The minimum absolute atomic E-state index is 0.0163. The van der Waals surface area contributed by atoms with Crippen LogP contribution in [0.25, 0.3) is 0 Å². The van der Waals surface area contributed by atoms with Gasteiger partial charge in [-0.3, -0.25) is 9.59 Å². The molecule has 3 rings (SSSR count). The largest absolute Gasteiger partial charge is 0.347 e. The Morgan fingerprint density at radius 3 is 2.73 bits per heavy atom. The molecule has 0 unspecified atom stereocenters. The Labute approximate surface area is 151 Å². The number of benzene rings is 1. The highest BCUT2D eigenvalue weighted by atomic mass is 19.1. The van der Waals surface area contributed by atoms with Crippen LogP contribution in [-0.4, -0.2) is 27.4 Å². The van der Waals surface area contributed by atoms with Crippen LogP contribution in [-0.2, 0) is 19.5 Å². The summed E-state index contributed by atoms with van der Waals surface area (Å²) in [5.41, 5.74) is 1.44. The Bertz CT molecular complexity index is 829. The van der Waals surface area contributed by atoms with Gasteiger partial charge < -0.3 is 15.2 Å². The smallest absolute Gasteiger partial charge is 0.287 e. The minimum Gasteiger partial charge on any atom is -0.347 e. The molecule has 0 atom stereocenters. The number of halogens is 1. The number of carbonyl (C=O) groups is 2. The van der Waals surface area contributed by atoms with Crippen LogP contribution in [0.5, 0.6) is 0 Å². The SMILES string of the molecule is CC(C)NC(=O)c1nc(C(=O)NCc2ccccc2F)c2n1CCCC2. The Balaban J connectivity index is 1.82. The lowest BCUT2D eigenvalue weighted by Gasteiger charge is -2.17. The van der Waals surface area contributed by atoms with Crippen LogP contribution in [0.15, 0.2) is 24.3 Å². The molecule has 2 N–H and O–H groups in total. The average molecular weight is 358 g/mol. The number of carbonyl (C=O) groups excluding carboxylic acids is 2. The van der Waals surface area contributed by atoms with E-state index in [9.17, 15) is 14.0 Å². The molecule has 6 nitrogen and oxygen atoms in total. The Morgan fingerprint density at radius 1 is 1.23 bits per heavy atom. The van der Waals surface area contributed by atoms with Gasteiger partial charge in [0.05, 0.1) is 5.69 Å². The second kappa shape index (κ2) is 7.68. The van der Waals surface area contributed by atoms with E-state index in [4.69, 9.17) is 0 Å². The van der Waals surface area contributed by atoms with Crippen molar-refractivity contribution in [2.75, 3.05) is 0 Å². The van der Waals surface area contributed by atoms with Crippen molar-refractivity contribution in [3.05, 3.63) is 52.9 Å². The van der Waals surface area contributed by atoms with Gasteiger partial charge in [-0.05, 0) is 39.2 Å². The number of nitrogens with zero attached hydrogens (tertiary/aromatic N) is 2. The fraction of sp³-hybridized carbons (Fsp3) is 0.421. The summed E-state index contributed by atoms with van der Waals surface area (Å²) >= 11 is 0. The minimum atomic E-state index is -0.387. The van der Waals surface area contributed by atoms with Crippen LogP contribution in [0, 0.1) is 5.82 Å². The van der Waals surface area contributed by atoms with Gasteiger partial charge in [-0.2, -0.15) is 0 Å². The molecule has 0 saturated heterocycles. The van der Waals surface area contributed by atoms with Crippen molar-refractivity contribution >= 4 is 11.8 Å². The Morgan fingerprint density at radius 2 is 2.00 bits per heavy atom. The van der Waals surface area contributed by atoms with Crippen molar-refractivity contribution < 1.29 is 14.0 Å². The van der Waals surface area contributed by atoms with E-state index >= 15 is 0 Å². The molecule has 1 aromatic heterocycles. The third kappa shape index (κ3) is 3.76. The van der Waals surface area contributed by atoms with Gasteiger partial charge in [0.25, 0.3) is 11.8 Å². The molecule has 0 radical (unpaired) electrons. The molecular formula is C19H23FN4O2. The highest BCUT2D eigenvalue weighted by molar-refractivity contribution is 5.97. The van der Waals surface area contributed by atoms with Crippen molar-refractivity contribution in [3.63, 3.8) is 0 Å². The molecular weight excluding hydrogens is 335 g/mol. The Kier molecular flexibility index (Phi) is 5.35. The molecule has 26 heavy (non-hydrogen) atoms. The van der Waals surface area contributed by atoms with E-state index < -0.39 is 0 Å². The van der Waals surface area contributed by atoms with Crippen molar-refractivity contribution in [3.8, 4) is 0 Å². The molecule has 0 bridgehead atoms. The number of aromatic nitrogens is 2. The number of hydrogen-bond donors (Lipinski definition) is 2. The monoisotopic (exact) mass is 358 g/mol. The first-order valence-electron chi connectivity index (χ1n) is 8.89. The number of hydrogen-bond acceptors (Lipinski definition) is 3. The van der Waals surface area contributed by atoms with Crippen LogP contribution < -0.4 is 10.6 Å². The molecule has 2 amide bonds. The predicted molar refractivity (Wildman–Crippen MR) is 95.3 cm³/mol. The van der Waals surface area contributed by atoms with E-state index in [-0.39, 0.29) is 41.7 Å². The number of rotatable bonds is 5. The highest BCUT2D eigenvalue weighted by Crippen LogP contribution is 2.21. The zero-order chi connectivity index (χ0) is 18.7.